The van der Waals surface area contributed by atoms with Gasteiger partial charge in [-0.3, -0.25) is 4.79 Å². The maximum absolute atomic E-state index is 12.4. The summed E-state index contributed by atoms with van der Waals surface area (Å²) in [7, 11) is 0. The minimum absolute atomic E-state index is 0.0131. The predicted molar refractivity (Wildman–Crippen MR) is 117 cm³/mol. The highest BCUT2D eigenvalue weighted by Gasteiger charge is 2.24. The van der Waals surface area contributed by atoms with Gasteiger partial charge in [-0.25, -0.2) is 4.68 Å². The molecule has 4 rings (SSSR count). The number of aromatic nitrogens is 2. The van der Waals surface area contributed by atoms with Crippen LogP contribution < -0.4 is 10.6 Å². The van der Waals surface area contributed by atoms with Crippen molar-refractivity contribution in [2.24, 2.45) is 0 Å². The van der Waals surface area contributed by atoms with Crippen LogP contribution in [0.3, 0.4) is 0 Å². The zero-order chi connectivity index (χ0) is 20.2. The number of benzene rings is 2. The molecule has 2 N–H and O–H groups in total. The minimum Gasteiger partial charge on any atom is -0.381 e. The Labute approximate surface area is 172 Å². The topological polar surface area (TPSA) is 59.0 Å². The molecule has 1 amide bonds. The molecule has 0 radical (unpaired) electrons. The van der Waals surface area contributed by atoms with Gasteiger partial charge in [-0.2, -0.15) is 5.10 Å². The van der Waals surface area contributed by atoms with Crippen LogP contribution in [0, 0.1) is 6.92 Å². The van der Waals surface area contributed by atoms with Gasteiger partial charge < -0.3 is 10.6 Å². The highest BCUT2D eigenvalue weighted by Crippen LogP contribution is 2.23. The van der Waals surface area contributed by atoms with Crippen LogP contribution in [0.1, 0.15) is 53.4 Å². The van der Waals surface area contributed by atoms with Crippen molar-refractivity contribution in [3.05, 3.63) is 77.1 Å². The Morgan fingerprint density at radius 2 is 1.97 bits per heavy atom. The van der Waals surface area contributed by atoms with Crippen LogP contribution in [-0.2, 0) is 13.0 Å². The molecule has 0 bridgehead atoms. The van der Waals surface area contributed by atoms with Gasteiger partial charge in [0.25, 0.3) is 5.91 Å². The molecule has 0 aliphatic heterocycles. The van der Waals surface area contributed by atoms with Crippen molar-refractivity contribution < 1.29 is 4.79 Å². The number of carbonyl (C=O) groups is 1. The fraction of sp³-hybridized carbons (Fsp3) is 0.333. The normalized spacial score (nSPS) is 13.3. The maximum Gasteiger partial charge on any atom is 0.251 e. The lowest BCUT2D eigenvalue weighted by Gasteiger charge is -2.13. The first-order valence-electron chi connectivity index (χ1n) is 10.4. The van der Waals surface area contributed by atoms with Gasteiger partial charge in [-0.05, 0) is 56.0 Å². The van der Waals surface area contributed by atoms with Crippen molar-refractivity contribution >= 4 is 11.6 Å². The van der Waals surface area contributed by atoms with Crippen LogP contribution in [-0.4, -0.2) is 21.7 Å². The molecule has 0 spiro atoms. The van der Waals surface area contributed by atoms with Gasteiger partial charge in [0.1, 0.15) is 0 Å². The molecule has 2 aromatic carbocycles. The summed E-state index contributed by atoms with van der Waals surface area (Å²) < 4.78 is 2.03. The number of hydrogen-bond acceptors (Lipinski definition) is 3. The van der Waals surface area contributed by atoms with E-state index in [1.807, 2.05) is 47.3 Å². The fourth-order valence-corrected chi connectivity index (χ4v) is 3.49. The van der Waals surface area contributed by atoms with E-state index >= 15 is 0 Å². The summed E-state index contributed by atoms with van der Waals surface area (Å²) >= 11 is 0. The number of nitrogens with zero attached hydrogens (tertiary/aromatic N) is 2. The van der Waals surface area contributed by atoms with E-state index in [4.69, 9.17) is 0 Å². The minimum atomic E-state index is 0.0131. The summed E-state index contributed by atoms with van der Waals surface area (Å²) in [6.45, 7) is 4.92. The molecule has 1 heterocycles. The molecular weight excluding hydrogens is 360 g/mol. The van der Waals surface area contributed by atoms with Gasteiger partial charge in [0, 0.05) is 35.1 Å². The van der Waals surface area contributed by atoms with E-state index in [9.17, 15) is 4.79 Å². The van der Waals surface area contributed by atoms with Crippen LogP contribution >= 0.6 is 0 Å². The van der Waals surface area contributed by atoms with E-state index in [0.29, 0.717) is 18.2 Å². The first-order chi connectivity index (χ1) is 14.2. The Hall–Kier alpha value is -3.08. The summed E-state index contributed by atoms with van der Waals surface area (Å²) in [5.74, 6) is 0.0131. The van der Waals surface area contributed by atoms with Crippen molar-refractivity contribution in [3.8, 4) is 5.69 Å². The van der Waals surface area contributed by atoms with Crippen LogP contribution in [0.25, 0.3) is 5.69 Å². The zero-order valence-electron chi connectivity index (χ0n) is 17.1. The average Bonchev–Trinajstić information content (AvgIpc) is 3.46. The molecule has 0 saturated heterocycles. The van der Waals surface area contributed by atoms with Crippen LogP contribution in [0.4, 0.5) is 5.69 Å². The Balaban J connectivity index is 1.53. The van der Waals surface area contributed by atoms with Crippen molar-refractivity contribution in [2.75, 3.05) is 5.32 Å². The van der Waals surface area contributed by atoms with Crippen LogP contribution in [0.2, 0.25) is 0 Å². The summed E-state index contributed by atoms with van der Waals surface area (Å²) in [5.41, 5.74) is 6.31. The maximum atomic E-state index is 12.4. The lowest BCUT2D eigenvalue weighted by atomic mass is 10.1. The van der Waals surface area contributed by atoms with E-state index < -0.39 is 0 Å². The first kappa shape index (κ1) is 19.2. The summed E-state index contributed by atoms with van der Waals surface area (Å²) in [5, 5.41) is 11.2. The molecule has 0 atom stereocenters. The molecular formula is C24H28N4O. The van der Waals surface area contributed by atoms with E-state index in [-0.39, 0.29) is 5.91 Å². The predicted octanol–water partition coefficient (Wildman–Crippen LogP) is 4.64. The van der Waals surface area contributed by atoms with Crippen LogP contribution in [0.5, 0.6) is 0 Å². The fourth-order valence-electron chi connectivity index (χ4n) is 3.49. The standard InChI is InChI=1S/C24H28N4O/c1-3-7-23-19(16-26-28(23)21-8-5-4-6-9-21)15-25-22-14-18(11-10-17(22)2)24(29)27-20-12-13-20/h4-6,8-11,14,16,20,25H,3,7,12-13,15H2,1-2H3,(H,27,29). The molecule has 29 heavy (non-hydrogen) atoms. The third-order valence-corrected chi connectivity index (χ3v) is 5.32. The van der Waals surface area contributed by atoms with Gasteiger partial charge in [0.05, 0.1) is 11.9 Å². The molecule has 150 valence electrons. The van der Waals surface area contributed by atoms with Gasteiger partial charge in [-0.15, -0.1) is 0 Å². The molecule has 1 aliphatic carbocycles. The number of anilines is 1. The number of amides is 1. The smallest absolute Gasteiger partial charge is 0.251 e. The molecule has 3 aromatic rings. The average molecular weight is 389 g/mol. The Kier molecular flexibility index (Phi) is 5.65. The molecule has 1 fully saturated rings. The molecule has 0 unspecified atom stereocenters. The summed E-state index contributed by atoms with van der Waals surface area (Å²) in [4.78, 5) is 12.4. The lowest BCUT2D eigenvalue weighted by Crippen LogP contribution is -2.25. The van der Waals surface area contributed by atoms with Gasteiger partial charge >= 0.3 is 0 Å². The van der Waals surface area contributed by atoms with Gasteiger partial charge in [0.15, 0.2) is 0 Å². The Morgan fingerprint density at radius 1 is 1.17 bits per heavy atom. The molecule has 1 aliphatic rings. The molecule has 1 saturated carbocycles. The van der Waals surface area contributed by atoms with Crippen molar-refractivity contribution in [3.63, 3.8) is 0 Å². The second-order valence-corrected chi connectivity index (χ2v) is 7.74. The third kappa shape index (κ3) is 4.50. The monoisotopic (exact) mass is 388 g/mol. The third-order valence-electron chi connectivity index (χ3n) is 5.32. The van der Waals surface area contributed by atoms with E-state index in [1.165, 1.54) is 11.3 Å². The number of aryl methyl sites for hydroxylation is 1. The Morgan fingerprint density at radius 3 is 2.69 bits per heavy atom. The van der Waals surface area contributed by atoms with Crippen molar-refractivity contribution in [1.82, 2.24) is 15.1 Å². The lowest BCUT2D eigenvalue weighted by molar-refractivity contribution is 0.0951. The van der Waals surface area contributed by atoms with Crippen LogP contribution in [0.15, 0.2) is 54.7 Å². The summed E-state index contributed by atoms with van der Waals surface area (Å²) in [6, 6.07) is 16.5. The first-order valence-corrected chi connectivity index (χ1v) is 10.4. The summed E-state index contributed by atoms with van der Waals surface area (Å²) in [6.07, 6.45) is 6.16. The number of para-hydroxylation sites is 1. The zero-order valence-corrected chi connectivity index (χ0v) is 17.1. The number of carbonyl (C=O) groups excluding carboxylic acids is 1. The second kappa shape index (κ2) is 8.52. The highest BCUT2D eigenvalue weighted by atomic mass is 16.1. The Bertz CT molecular complexity index is 989. The van der Waals surface area contributed by atoms with E-state index in [1.54, 1.807) is 0 Å². The quantitative estimate of drug-likeness (QED) is 0.591. The van der Waals surface area contributed by atoms with E-state index in [0.717, 1.165) is 42.6 Å². The van der Waals surface area contributed by atoms with Gasteiger partial charge in [0.2, 0.25) is 0 Å². The van der Waals surface area contributed by atoms with Crippen molar-refractivity contribution in [2.45, 2.75) is 52.1 Å². The molecule has 1 aromatic heterocycles. The number of hydrogen-bond donors (Lipinski definition) is 2. The number of nitrogens with one attached hydrogen (secondary N) is 2. The van der Waals surface area contributed by atoms with Crippen molar-refractivity contribution in [1.29, 1.82) is 0 Å². The highest BCUT2D eigenvalue weighted by molar-refractivity contribution is 5.95. The SMILES string of the molecule is CCCc1c(CNc2cc(C(=O)NC3CC3)ccc2C)cnn1-c1ccccc1. The number of rotatable bonds is 8. The molecule has 5 heteroatoms. The van der Waals surface area contributed by atoms with Gasteiger partial charge in [-0.1, -0.05) is 37.6 Å². The molecule has 5 nitrogen and oxygen atoms in total. The largest absolute Gasteiger partial charge is 0.381 e. The van der Waals surface area contributed by atoms with E-state index in [2.05, 4.69) is 41.7 Å². The second-order valence-electron chi connectivity index (χ2n) is 7.74.